The topological polar surface area (TPSA) is 0 Å². The summed E-state index contributed by atoms with van der Waals surface area (Å²) in [6.07, 6.45) is 0. The predicted molar refractivity (Wildman–Crippen MR) is 23.4 cm³/mol. The Labute approximate surface area is 49.1 Å². The standard InChI is InChI=1S/Cl4I/c1-5(2,3)4/q-1. The third-order valence-corrected chi connectivity index (χ3v) is 0. The Kier molecular flexibility index (Phi) is 3.12. The first-order valence-electron chi connectivity index (χ1n) is 0.571. The van der Waals surface area contributed by atoms with Gasteiger partial charge in [0.15, 0.2) is 0 Å². The molecule has 0 aliphatic carbocycles. The number of rotatable bonds is 0. The van der Waals surface area contributed by atoms with Gasteiger partial charge in [0.05, 0.1) is 0 Å². The van der Waals surface area contributed by atoms with Crippen LogP contribution in [0.15, 0.2) is 0 Å². The molecule has 0 aromatic carbocycles. The molecule has 0 N–H and O–H groups in total. The fourth-order valence-electron chi connectivity index (χ4n) is 0. The molecule has 0 rings (SSSR count). The zero-order chi connectivity index (χ0) is 4.50. The third-order valence-electron chi connectivity index (χ3n) is 0. The molecule has 36 valence electrons. The van der Waals surface area contributed by atoms with Gasteiger partial charge in [-0.15, -0.1) is 0 Å². The normalized spacial score (nSPS) is 15.2. The fourth-order valence-corrected chi connectivity index (χ4v) is 0. The van der Waals surface area contributed by atoms with Gasteiger partial charge in [0, 0.05) is 0 Å². The van der Waals surface area contributed by atoms with Crippen molar-refractivity contribution in [1.29, 1.82) is 0 Å². The molecular weight excluding hydrogens is 269 g/mol. The van der Waals surface area contributed by atoms with Gasteiger partial charge in [-0.05, 0) is 0 Å². The van der Waals surface area contributed by atoms with Gasteiger partial charge in [0.25, 0.3) is 0 Å². The summed E-state index contributed by atoms with van der Waals surface area (Å²) in [5, 5.41) is 0. The van der Waals surface area contributed by atoms with Crippen molar-refractivity contribution in [1.82, 2.24) is 0 Å². The number of hydrogen-bond donors (Lipinski definition) is 0. The molecule has 0 aromatic heterocycles. The van der Waals surface area contributed by atoms with E-state index in [1.54, 1.807) is 0 Å². The van der Waals surface area contributed by atoms with E-state index in [9.17, 15) is 0 Å². The van der Waals surface area contributed by atoms with Crippen LogP contribution >= 0.6 is 35.6 Å². The van der Waals surface area contributed by atoms with Crippen LogP contribution in [0.1, 0.15) is 0 Å². The number of halogens is 5. The van der Waals surface area contributed by atoms with Gasteiger partial charge in [-0.1, -0.05) is 0 Å². The van der Waals surface area contributed by atoms with Crippen molar-refractivity contribution in [3.8, 4) is 0 Å². The summed E-state index contributed by atoms with van der Waals surface area (Å²) in [7, 11) is 20.0. The Bertz CT molecular complexity index is 19.1. The molecule has 0 nitrogen and oxygen atoms in total. The molecule has 0 radical (unpaired) electrons. The maximum atomic E-state index is 5.01. The maximum absolute atomic E-state index is 5.01. The fraction of sp³-hybridized carbons (Fsp3) is 0. The van der Waals surface area contributed by atoms with Crippen molar-refractivity contribution in [2.24, 2.45) is 0 Å². The summed E-state index contributed by atoms with van der Waals surface area (Å²) >= 11 is -3.05. The molecule has 0 aliphatic rings. The van der Waals surface area contributed by atoms with Gasteiger partial charge in [0.1, 0.15) is 0 Å². The minimum atomic E-state index is -3.05. The molecule has 0 spiro atoms. The summed E-state index contributed by atoms with van der Waals surface area (Å²) in [5.74, 6) is 0. The molecular formula is Cl4I-. The Balaban J connectivity index is 3.02. The summed E-state index contributed by atoms with van der Waals surface area (Å²) in [4.78, 5) is 0. The van der Waals surface area contributed by atoms with E-state index in [4.69, 9.17) is 35.6 Å². The van der Waals surface area contributed by atoms with Gasteiger partial charge in [-0.3, -0.25) is 0 Å². The molecule has 5 heteroatoms. The molecule has 0 aliphatic heterocycles. The molecule has 0 heterocycles. The summed E-state index contributed by atoms with van der Waals surface area (Å²) in [6, 6.07) is 0. The summed E-state index contributed by atoms with van der Waals surface area (Å²) in [5.41, 5.74) is 0. The van der Waals surface area contributed by atoms with Crippen LogP contribution in [0.2, 0.25) is 0 Å². The van der Waals surface area contributed by atoms with Gasteiger partial charge in [-0.25, -0.2) is 0 Å². The van der Waals surface area contributed by atoms with E-state index in [2.05, 4.69) is 0 Å². The molecule has 0 amide bonds. The van der Waals surface area contributed by atoms with Crippen molar-refractivity contribution in [3.05, 3.63) is 0 Å². The van der Waals surface area contributed by atoms with Crippen LogP contribution < -0.4 is 13.9 Å². The van der Waals surface area contributed by atoms with Gasteiger partial charge in [-0.2, -0.15) is 0 Å². The van der Waals surface area contributed by atoms with Crippen LogP contribution in [0, 0.1) is 0 Å². The molecule has 0 bridgehead atoms. The zero-order valence-corrected chi connectivity index (χ0v) is 7.07. The summed E-state index contributed by atoms with van der Waals surface area (Å²) < 4.78 is 0. The van der Waals surface area contributed by atoms with E-state index in [-0.39, 0.29) is 0 Å². The van der Waals surface area contributed by atoms with Crippen molar-refractivity contribution in [2.75, 3.05) is 0 Å². The van der Waals surface area contributed by atoms with Crippen molar-refractivity contribution in [3.63, 3.8) is 0 Å². The molecule has 5 heavy (non-hydrogen) atoms. The van der Waals surface area contributed by atoms with Crippen LogP contribution in [0.25, 0.3) is 0 Å². The predicted octanol–water partition coefficient (Wildman–Crippen LogP) is -0.238. The molecule has 0 unspecified atom stereocenters. The van der Waals surface area contributed by atoms with Crippen LogP contribution in [-0.4, -0.2) is 0 Å². The van der Waals surface area contributed by atoms with Crippen LogP contribution in [-0.2, 0) is 0 Å². The first-order valence-corrected chi connectivity index (χ1v) is 11.5. The molecule has 0 saturated carbocycles. The Morgan fingerprint density at radius 2 is 0.800 bits per heavy atom. The Morgan fingerprint density at radius 1 is 0.800 bits per heavy atom. The van der Waals surface area contributed by atoms with Crippen LogP contribution in [0.5, 0.6) is 0 Å². The monoisotopic (exact) mass is 267 g/mol. The van der Waals surface area contributed by atoms with Gasteiger partial charge in [0.2, 0.25) is 0 Å². The third kappa shape index (κ3) is 25.0. The number of hydrogen-bond acceptors (Lipinski definition) is 0. The van der Waals surface area contributed by atoms with E-state index in [0.29, 0.717) is 0 Å². The average Bonchev–Trinajstić information content (AvgIpc) is 0.722. The second-order valence-corrected chi connectivity index (χ2v) is 19.6. The van der Waals surface area contributed by atoms with Gasteiger partial charge >= 0.3 is 49.6 Å². The first kappa shape index (κ1) is 6.89. The minimum absolute atomic E-state index is 3.05. The Hall–Kier alpha value is 1.89. The van der Waals surface area contributed by atoms with E-state index in [0.717, 1.165) is 0 Å². The van der Waals surface area contributed by atoms with E-state index in [1.165, 1.54) is 0 Å². The van der Waals surface area contributed by atoms with E-state index >= 15 is 0 Å². The van der Waals surface area contributed by atoms with Crippen LogP contribution in [0.4, 0.5) is 0 Å². The average molecular weight is 269 g/mol. The second-order valence-electron chi connectivity index (χ2n) is 0.324. The molecule has 0 atom stereocenters. The SMILES string of the molecule is Cl[I-](Cl)(Cl)Cl. The molecule has 0 fully saturated rings. The van der Waals surface area contributed by atoms with Crippen molar-refractivity contribution in [2.45, 2.75) is 0 Å². The van der Waals surface area contributed by atoms with E-state index < -0.39 is 13.9 Å². The Morgan fingerprint density at radius 3 is 0.800 bits per heavy atom. The quantitative estimate of drug-likeness (QED) is 0.532. The van der Waals surface area contributed by atoms with Crippen molar-refractivity contribution >= 4 is 35.6 Å². The van der Waals surface area contributed by atoms with E-state index in [1.807, 2.05) is 0 Å². The second kappa shape index (κ2) is 2.26. The first-order chi connectivity index (χ1) is 2.00. The van der Waals surface area contributed by atoms with Crippen molar-refractivity contribution < 1.29 is 13.9 Å². The molecule has 0 aromatic rings. The molecule has 0 saturated heterocycles. The zero-order valence-electron chi connectivity index (χ0n) is 1.89. The van der Waals surface area contributed by atoms with Gasteiger partial charge < -0.3 is 0 Å². The van der Waals surface area contributed by atoms with Crippen LogP contribution in [0.3, 0.4) is 0 Å². The summed E-state index contributed by atoms with van der Waals surface area (Å²) in [6.45, 7) is 0.